The average molecular weight is 327 g/mol. The molecular weight excluding hydrogens is 296 g/mol. The van der Waals surface area contributed by atoms with Crippen LogP contribution in [0.5, 0.6) is 0 Å². The van der Waals surface area contributed by atoms with Crippen molar-refractivity contribution in [1.82, 2.24) is 5.32 Å². The minimum atomic E-state index is -2.84. The lowest BCUT2D eigenvalue weighted by Gasteiger charge is -2.40. The maximum atomic E-state index is 5.68. The summed E-state index contributed by atoms with van der Waals surface area (Å²) in [7, 11) is 2.84. The van der Waals surface area contributed by atoms with Gasteiger partial charge in [0.15, 0.2) is 0 Å². The second kappa shape index (κ2) is 9.98. The Balaban J connectivity index is 5.12. The van der Waals surface area contributed by atoms with Crippen molar-refractivity contribution >= 4 is 17.4 Å². The maximum Gasteiger partial charge on any atom is 0.505 e. The molecule has 20 heavy (non-hydrogen) atoms. The van der Waals surface area contributed by atoms with Gasteiger partial charge in [-0.2, -0.15) is 0 Å². The molecule has 0 aliphatic carbocycles. The zero-order valence-electron chi connectivity index (χ0n) is 13.5. The fourth-order valence-corrected chi connectivity index (χ4v) is 9.87. The fourth-order valence-electron chi connectivity index (χ4n) is 2.28. The third-order valence-electron chi connectivity index (χ3n) is 3.65. The molecule has 0 saturated carbocycles. The highest BCUT2D eigenvalue weighted by Crippen LogP contribution is 2.36. The van der Waals surface area contributed by atoms with Gasteiger partial charge in [-0.05, 0) is 19.5 Å². The minimum absolute atomic E-state index is 0.0322. The van der Waals surface area contributed by atoms with Crippen molar-refractivity contribution in [3.05, 3.63) is 0 Å². The van der Waals surface area contributed by atoms with Gasteiger partial charge in [-0.1, -0.05) is 0 Å². The van der Waals surface area contributed by atoms with Crippen LogP contribution in [0.3, 0.4) is 0 Å². The van der Waals surface area contributed by atoms with Crippen molar-refractivity contribution in [2.75, 3.05) is 55.2 Å². The molecule has 0 spiro atoms. The first-order chi connectivity index (χ1) is 9.50. The van der Waals surface area contributed by atoms with E-state index in [0.29, 0.717) is 6.54 Å². The van der Waals surface area contributed by atoms with Crippen LogP contribution in [0.4, 0.5) is 0 Å². The van der Waals surface area contributed by atoms with Crippen LogP contribution in [-0.2, 0) is 22.1 Å². The van der Waals surface area contributed by atoms with Gasteiger partial charge in [-0.3, -0.25) is 0 Å². The SMILES string of the molecule is CO[Si](C)(OC)C(CCNCCN)[Si](OC)(OC)OC. The van der Waals surface area contributed by atoms with Gasteiger partial charge in [0.1, 0.15) is 0 Å². The van der Waals surface area contributed by atoms with E-state index in [4.69, 9.17) is 27.9 Å². The molecular formula is C11H30N2O5Si2. The average Bonchev–Trinajstić information content (AvgIpc) is 2.50. The number of nitrogens with two attached hydrogens (primary N) is 1. The molecule has 0 aliphatic rings. The predicted molar refractivity (Wildman–Crippen MR) is 82.7 cm³/mol. The molecule has 122 valence electrons. The third kappa shape index (κ3) is 4.86. The van der Waals surface area contributed by atoms with Gasteiger partial charge >= 0.3 is 17.4 Å². The van der Waals surface area contributed by atoms with Gasteiger partial charge in [0.2, 0.25) is 0 Å². The van der Waals surface area contributed by atoms with E-state index in [0.717, 1.165) is 19.5 Å². The van der Waals surface area contributed by atoms with Crippen molar-refractivity contribution in [2.45, 2.75) is 18.1 Å². The summed E-state index contributed by atoms with van der Waals surface area (Å²) >= 11 is 0. The molecule has 0 aromatic carbocycles. The van der Waals surface area contributed by atoms with Crippen LogP contribution < -0.4 is 11.1 Å². The van der Waals surface area contributed by atoms with E-state index in [2.05, 4.69) is 5.32 Å². The lowest BCUT2D eigenvalue weighted by Crippen LogP contribution is -2.60. The first kappa shape index (κ1) is 20.2. The Morgan fingerprint density at radius 2 is 1.40 bits per heavy atom. The van der Waals surface area contributed by atoms with Crippen LogP contribution in [-0.4, -0.2) is 72.5 Å². The van der Waals surface area contributed by atoms with Gasteiger partial charge in [0, 0.05) is 48.6 Å². The van der Waals surface area contributed by atoms with Crippen molar-refractivity contribution < 1.29 is 22.1 Å². The van der Waals surface area contributed by atoms with Crippen molar-refractivity contribution in [3.63, 3.8) is 0 Å². The van der Waals surface area contributed by atoms with Gasteiger partial charge in [0.25, 0.3) is 0 Å². The monoisotopic (exact) mass is 326 g/mol. The largest absolute Gasteiger partial charge is 0.505 e. The molecule has 0 rings (SSSR count). The molecule has 0 radical (unpaired) electrons. The van der Waals surface area contributed by atoms with Crippen molar-refractivity contribution in [3.8, 4) is 0 Å². The molecule has 7 nitrogen and oxygen atoms in total. The number of hydrogen-bond acceptors (Lipinski definition) is 7. The van der Waals surface area contributed by atoms with Gasteiger partial charge in [0.05, 0.1) is 5.16 Å². The lowest BCUT2D eigenvalue weighted by atomic mass is 10.4. The molecule has 0 aromatic rings. The summed E-state index contributed by atoms with van der Waals surface area (Å²) in [6.07, 6.45) is 0.784. The molecule has 0 fully saturated rings. The molecule has 0 heterocycles. The second-order valence-electron chi connectivity index (χ2n) is 4.52. The Kier molecular flexibility index (Phi) is 10.1. The van der Waals surface area contributed by atoms with Crippen LogP contribution >= 0.6 is 0 Å². The second-order valence-corrected chi connectivity index (χ2v) is 11.8. The van der Waals surface area contributed by atoms with Crippen LogP contribution in [0.2, 0.25) is 11.7 Å². The Labute approximate surface area is 124 Å². The summed E-state index contributed by atoms with van der Waals surface area (Å²) in [6, 6.07) is 0. The molecule has 3 N–H and O–H groups in total. The zero-order valence-corrected chi connectivity index (χ0v) is 15.5. The summed E-state index contributed by atoms with van der Waals surface area (Å²) in [5.74, 6) is 0. The first-order valence-corrected chi connectivity index (χ1v) is 10.9. The van der Waals surface area contributed by atoms with Gasteiger partial charge < -0.3 is 33.2 Å². The van der Waals surface area contributed by atoms with E-state index in [-0.39, 0.29) is 5.16 Å². The Morgan fingerprint density at radius 3 is 1.75 bits per heavy atom. The first-order valence-electron chi connectivity index (χ1n) is 6.66. The number of hydrogen-bond donors (Lipinski definition) is 2. The molecule has 0 saturated heterocycles. The van der Waals surface area contributed by atoms with E-state index in [1.165, 1.54) is 0 Å². The summed E-state index contributed by atoms with van der Waals surface area (Å²) in [4.78, 5) is 0. The summed E-state index contributed by atoms with van der Waals surface area (Å²) in [5.41, 5.74) is 5.48. The molecule has 9 heteroatoms. The van der Waals surface area contributed by atoms with Crippen molar-refractivity contribution in [2.24, 2.45) is 5.73 Å². The van der Waals surface area contributed by atoms with E-state index < -0.39 is 17.4 Å². The summed E-state index contributed by atoms with van der Waals surface area (Å²) in [5, 5.41) is 3.24. The topological polar surface area (TPSA) is 84.2 Å². The van der Waals surface area contributed by atoms with Gasteiger partial charge in [-0.25, -0.2) is 0 Å². The highest BCUT2D eigenvalue weighted by Gasteiger charge is 2.59. The smallest absolute Gasteiger partial charge is 0.398 e. The maximum absolute atomic E-state index is 5.68. The lowest BCUT2D eigenvalue weighted by molar-refractivity contribution is 0.108. The van der Waals surface area contributed by atoms with Crippen LogP contribution in [0.25, 0.3) is 0 Å². The Morgan fingerprint density at radius 1 is 0.900 bits per heavy atom. The molecule has 0 amide bonds. The van der Waals surface area contributed by atoms with Crippen LogP contribution in [0.1, 0.15) is 6.42 Å². The highest BCUT2D eigenvalue weighted by molar-refractivity contribution is 6.85. The predicted octanol–water partition coefficient (Wildman–Crippen LogP) is 0.0771. The van der Waals surface area contributed by atoms with Crippen LogP contribution in [0.15, 0.2) is 0 Å². The summed E-state index contributed by atoms with van der Waals surface area (Å²) < 4.78 is 28.2. The van der Waals surface area contributed by atoms with Crippen molar-refractivity contribution in [1.29, 1.82) is 0 Å². The summed E-state index contributed by atoms with van der Waals surface area (Å²) in [6.45, 7) is 4.16. The highest BCUT2D eigenvalue weighted by atomic mass is 28.4. The molecule has 1 unspecified atom stereocenters. The molecule has 1 atom stereocenters. The van der Waals surface area contributed by atoms with E-state index in [9.17, 15) is 0 Å². The van der Waals surface area contributed by atoms with E-state index in [1.807, 2.05) is 6.55 Å². The zero-order chi connectivity index (χ0) is 15.6. The Hall–Kier alpha value is 0.154. The minimum Gasteiger partial charge on any atom is -0.398 e. The van der Waals surface area contributed by atoms with E-state index >= 15 is 0 Å². The van der Waals surface area contributed by atoms with Gasteiger partial charge in [-0.15, -0.1) is 0 Å². The molecule has 0 aromatic heterocycles. The molecule has 0 aliphatic heterocycles. The van der Waals surface area contributed by atoms with E-state index in [1.54, 1.807) is 35.5 Å². The third-order valence-corrected chi connectivity index (χ3v) is 12.3. The normalized spacial score (nSPS) is 14.6. The Bertz CT molecular complexity index is 245. The fraction of sp³-hybridized carbons (Fsp3) is 1.00. The quantitative estimate of drug-likeness (QED) is 0.388. The molecule has 0 bridgehead atoms. The van der Waals surface area contributed by atoms with Crippen LogP contribution in [0, 0.1) is 0 Å². The standard InChI is InChI=1S/C11H30N2O5Si2/c1-14-19(6,15-2)11(7-9-13-10-8-12)20(16-3,17-4)18-5/h11,13H,7-10,12H2,1-6H3. The number of rotatable bonds is 12. The number of nitrogens with one attached hydrogen (secondary N) is 1.